The molecule has 0 atom stereocenters. The maximum atomic E-state index is 12.0. The number of ether oxygens (including phenoxy) is 1. The smallest absolute Gasteiger partial charge is 0.264 e. The molecule has 26 heavy (non-hydrogen) atoms. The maximum Gasteiger partial charge on any atom is 0.264 e. The highest BCUT2D eigenvalue weighted by Crippen LogP contribution is 2.26. The molecule has 1 amide bonds. The Morgan fingerprint density at radius 2 is 2.12 bits per heavy atom. The minimum absolute atomic E-state index is 0.114. The zero-order valence-electron chi connectivity index (χ0n) is 14.5. The molecule has 0 aliphatic carbocycles. The van der Waals surface area contributed by atoms with Gasteiger partial charge in [-0.3, -0.25) is 15.0 Å². The molecule has 2 heterocycles. The van der Waals surface area contributed by atoms with Crippen molar-refractivity contribution in [2.45, 2.75) is 26.3 Å². The number of piperidine rings is 1. The first-order chi connectivity index (χ1) is 12.5. The van der Waals surface area contributed by atoms with Gasteiger partial charge in [0.05, 0.1) is 15.7 Å². The van der Waals surface area contributed by atoms with Gasteiger partial charge in [0.15, 0.2) is 11.7 Å². The van der Waals surface area contributed by atoms with E-state index in [0.717, 1.165) is 31.2 Å². The summed E-state index contributed by atoms with van der Waals surface area (Å²) in [4.78, 5) is 18.9. The highest BCUT2D eigenvalue weighted by molar-refractivity contribution is 7.13. The average Bonchev–Trinajstić information content (AvgIpc) is 3.05. The fourth-order valence-electron chi connectivity index (χ4n) is 2.76. The van der Waals surface area contributed by atoms with E-state index in [9.17, 15) is 4.79 Å². The number of benzene rings is 1. The fraction of sp³-hybridized carbons (Fsp3) is 0.444. The normalized spacial score (nSPS) is 15.8. The number of carbonyl (C=O) groups is 1. The van der Waals surface area contributed by atoms with Crippen LogP contribution < -0.4 is 10.1 Å². The molecule has 0 bridgehead atoms. The van der Waals surface area contributed by atoms with Gasteiger partial charge in [-0.25, -0.2) is 4.98 Å². The molecule has 1 N–H and O–H groups in total. The zero-order valence-corrected chi connectivity index (χ0v) is 16.8. The highest BCUT2D eigenvalue weighted by Gasteiger charge is 2.17. The van der Waals surface area contributed by atoms with Gasteiger partial charge in [0.1, 0.15) is 5.75 Å². The van der Waals surface area contributed by atoms with Crippen LogP contribution in [0.4, 0.5) is 5.13 Å². The van der Waals surface area contributed by atoms with Crippen LogP contribution in [0.5, 0.6) is 5.75 Å². The van der Waals surface area contributed by atoms with Crippen LogP contribution in [0.1, 0.15) is 25.5 Å². The van der Waals surface area contributed by atoms with E-state index in [0.29, 0.717) is 20.9 Å². The Hall–Kier alpha value is -1.34. The molecule has 0 radical (unpaired) electrons. The van der Waals surface area contributed by atoms with Gasteiger partial charge >= 0.3 is 0 Å². The Morgan fingerprint density at radius 1 is 1.35 bits per heavy atom. The highest BCUT2D eigenvalue weighted by atomic mass is 35.5. The van der Waals surface area contributed by atoms with Crippen LogP contribution in [-0.4, -0.2) is 35.5 Å². The maximum absolute atomic E-state index is 12.0. The Kier molecular flexibility index (Phi) is 6.75. The van der Waals surface area contributed by atoms with Crippen LogP contribution in [0.3, 0.4) is 0 Å². The van der Waals surface area contributed by atoms with Crippen molar-refractivity contribution >= 4 is 45.6 Å². The van der Waals surface area contributed by atoms with E-state index in [2.05, 4.69) is 22.1 Å². The number of anilines is 1. The minimum Gasteiger partial charge on any atom is -0.484 e. The van der Waals surface area contributed by atoms with Crippen LogP contribution in [0.2, 0.25) is 10.0 Å². The number of hydrogen-bond acceptors (Lipinski definition) is 5. The molecule has 5 nitrogen and oxygen atoms in total. The first-order valence-electron chi connectivity index (χ1n) is 8.54. The third-order valence-electron chi connectivity index (χ3n) is 4.32. The monoisotopic (exact) mass is 413 g/mol. The summed E-state index contributed by atoms with van der Waals surface area (Å²) in [6.45, 7) is 5.24. The van der Waals surface area contributed by atoms with E-state index in [4.69, 9.17) is 27.9 Å². The van der Waals surface area contributed by atoms with E-state index in [1.807, 2.05) is 5.38 Å². The Bertz CT molecular complexity index is 761. The molecule has 140 valence electrons. The lowest BCUT2D eigenvalue weighted by molar-refractivity contribution is -0.118. The number of nitrogens with one attached hydrogen (secondary N) is 1. The molecule has 1 aromatic heterocycles. The molecule has 1 aromatic carbocycles. The van der Waals surface area contributed by atoms with Crippen molar-refractivity contribution in [3.8, 4) is 5.75 Å². The lowest BCUT2D eigenvalue weighted by atomic mass is 9.99. The molecule has 1 fully saturated rings. The average molecular weight is 414 g/mol. The summed E-state index contributed by atoms with van der Waals surface area (Å²) in [5.74, 6) is 1.05. The SMILES string of the molecule is CC1CCN(Cc2csc(NC(=O)COc3ccc(Cl)c(Cl)c3)n2)CC1. The second-order valence-corrected chi connectivity index (χ2v) is 8.19. The standard InChI is InChI=1S/C18H21Cl2N3O2S/c1-12-4-6-23(7-5-12)9-13-11-26-18(21-13)22-17(24)10-25-14-2-3-15(19)16(20)8-14/h2-3,8,11-12H,4-7,9-10H2,1H3,(H,21,22,24). The van der Waals surface area contributed by atoms with E-state index in [-0.39, 0.29) is 12.5 Å². The Balaban J connectivity index is 1.45. The first kappa shape index (κ1) is 19.4. The van der Waals surface area contributed by atoms with E-state index < -0.39 is 0 Å². The molecule has 8 heteroatoms. The van der Waals surface area contributed by atoms with Gasteiger partial charge < -0.3 is 4.74 Å². The molecule has 3 rings (SSSR count). The molecule has 0 unspecified atom stereocenters. The third kappa shape index (κ3) is 5.58. The van der Waals surface area contributed by atoms with Crippen molar-refractivity contribution < 1.29 is 9.53 Å². The predicted octanol–water partition coefficient (Wildman–Crippen LogP) is 4.70. The van der Waals surface area contributed by atoms with Gasteiger partial charge in [-0.1, -0.05) is 30.1 Å². The molecule has 1 aliphatic rings. The van der Waals surface area contributed by atoms with Gasteiger partial charge in [-0.05, 0) is 44.0 Å². The second-order valence-electron chi connectivity index (χ2n) is 6.52. The van der Waals surface area contributed by atoms with Crippen LogP contribution in [0.25, 0.3) is 0 Å². The van der Waals surface area contributed by atoms with Crippen molar-refractivity contribution in [1.29, 1.82) is 0 Å². The first-order valence-corrected chi connectivity index (χ1v) is 10.2. The van der Waals surface area contributed by atoms with Gasteiger partial charge in [0, 0.05) is 18.0 Å². The number of rotatable bonds is 6. The molecule has 1 saturated heterocycles. The molecular weight excluding hydrogens is 393 g/mol. The summed E-state index contributed by atoms with van der Waals surface area (Å²) in [6, 6.07) is 4.88. The zero-order chi connectivity index (χ0) is 18.5. The summed E-state index contributed by atoms with van der Waals surface area (Å²) in [5, 5.41) is 6.19. The topological polar surface area (TPSA) is 54.5 Å². The number of likely N-dealkylation sites (tertiary alicyclic amines) is 1. The number of aromatic nitrogens is 1. The predicted molar refractivity (Wildman–Crippen MR) is 106 cm³/mol. The molecule has 0 saturated carbocycles. The van der Waals surface area contributed by atoms with Gasteiger partial charge in [0.2, 0.25) is 0 Å². The number of nitrogens with zero attached hydrogens (tertiary/aromatic N) is 2. The number of hydrogen-bond donors (Lipinski definition) is 1. The van der Waals surface area contributed by atoms with Crippen molar-refractivity contribution in [2.24, 2.45) is 5.92 Å². The van der Waals surface area contributed by atoms with Crippen molar-refractivity contribution in [3.63, 3.8) is 0 Å². The quantitative estimate of drug-likeness (QED) is 0.745. The Labute approximate surface area is 167 Å². The van der Waals surface area contributed by atoms with Crippen LogP contribution >= 0.6 is 34.5 Å². The van der Waals surface area contributed by atoms with E-state index >= 15 is 0 Å². The Morgan fingerprint density at radius 3 is 2.85 bits per heavy atom. The lowest BCUT2D eigenvalue weighted by Gasteiger charge is -2.29. The lowest BCUT2D eigenvalue weighted by Crippen LogP contribution is -2.32. The minimum atomic E-state index is -0.260. The van der Waals surface area contributed by atoms with Crippen LogP contribution in [-0.2, 0) is 11.3 Å². The number of halogens is 2. The van der Waals surface area contributed by atoms with Gasteiger partial charge in [0.25, 0.3) is 5.91 Å². The number of amides is 1. The fourth-order valence-corrected chi connectivity index (χ4v) is 3.76. The number of thiazole rings is 1. The van der Waals surface area contributed by atoms with Gasteiger partial charge in [-0.2, -0.15) is 0 Å². The summed E-state index contributed by atoms with van der Waals surface area (Å²) in [5.41, 5.74) is 0.991. The molecule has 0 spiro atoms. The molecule has 1 aliphatic heterocycles. The van der Waals surface area contributed by atoms with E-state index in [1.54, 1.807) is 18.2 Å². The summed E-state index contributed by atoms with van der Waals surface area (Å²) < 4.78 is 5.43. The summed E-state index contributed by atoms with van der Waals surface area (Å²) >= 11 is 13.2. The second kappa shape index (κ2) is 9.04. The summed E-state index contributed by atoms with van der Waals surface area (Å²) in [7, 11) is 0. The summed E-state index contributed by atoms with van der Waals surface area (Å²) in [6.07, 6.45) is 2.47. The van der Waals surface area contributed by atoms with Gasteiger partial charge in [-0.15, -0.1) is 11.3 Å². The molecule has 2 aromatic rings. The van der Waals surface area contributed by atoms with Crippen LogP contribution in [0.15, 0.2) is 23.6 Å². The van der Waals surface area contributed by atoms with E-state index in [1.165, 1.54) is 24.2 Å². The third-order valence-corrected chi connectivity index (χ3v) is 5.87. The largest absolute Gasteiger partial charge is 0.484 e. The van der Waals surface area contributed by atoms with Crippen LogP contribution in [0, 0.1) is 5.92 Å². The molecular formula is C18H21Cl2N3O2S. The van der Waals surface area contributed by atoms with Crippen molar-refractivity contribution in [1.82, 2.24) is 9.88 Å². The van der Waals surface area contributed by atoms with Crippen molar-refractivity contribution in [3.05, 3.63) is 39.3 Å². The number of carbonyl (C=O) groups excluding carboxylic acids is 1. The van der Waals surface area contributed by atoms with Crippen molar-refractivity contribution in [2.75, 3.05) is 25.0 Å².